The Bertz CT molecular complexity index is 603. The van der Waals surface area contributed by atoms with Crippen LogP contribution in [0.25, 0.3) is 0 Å². The van der Waals surface area contributed by atoms with Gasteiger partial charge in [-0.1, -0.05) is 43.2 Å². The Hall–Kier alpha value is -1.61. The number of aryl methyl sites for hydroxylation is 3. The Balaban J connectivity index is 2.44. The molecule has 1 heterocycles. The average Bonchev–Trinajstić information content (AvgIpc) is 2.75. The third-order valence-electron chi connectivity index (χ3n) is 3.91. The van der Waals surface area contributed by atoms with E-state index in [4.69, 9.17) is 10.8 Å². The predicted octanol–water partition coefficient (Wildman–Crippen LogP) is 3.69. The van der Waals surface area contributed by atoms with Gasteiger partial charge in [-0.25, -0.2) is 0 Å². The molecule has 0 aliphatic rings. The first-order valence-electron chi connectivity index (χ1n) is 7.87. The van der Waals surface area contributed by atoms with Gasteiger partial charge in [0, 0.05) is 17.3 Å². The summed E-state index contributed by atoms with van der Waals surface area (Å²) in [6.07, 6.45) is 1.90. The monoisotopic (exact) mass is 285 g/mol. The van der Waals surface area contributed by atoms with Gasteiger partial charge in [-0.05, 0) is 39.2 Å². The maximum Gasteiger partial charge on any atom is 0.0672 e. The molecular formula is C18H27N3. The summed E-state index contributed by atoms with van der Waals surface area (Å²) >= 11 is 0. The number of nitrogens with two attached hydrogens (primary N) is 1. The van der Waals surface area contributed by atoms with Crippen LogP contribution in [0.2, 0.25) is 0 Å². The molecule has 1 aromatic carbocycles. The van der Waals surface area contributed by atoms with Crippen LogP contribution in [-0.4, -0.2) is 9.78 Å². The fourth-order valence-corrected chi connectivity index (χ4v) is 3.19. The van der Waals surface area contributed by atoms with Gasteiger partial charge < -0.3 is 5.73 Å². The zero-order chi connectivity index (χ0) is 15.6. The van der Waals surface area contributed by atoms with Crippen LogP contribution in [-0.2, 0) is 19.4 Å². The van der Waals surface area contributed by atoms with Crippen molar-refractivity contribution in [3.05, 3.63) is 51.8 Å². The lowest BCUT2D eigenvalue weighted by Crippen LogP contribution is -2.11. The molecule has 2 aromatic rings. The van der Waals surface area contributed by atoms with E-state index in [1.807, 2.05) is 0 Å². The van der Waals surface area contributed by atoms with Crippen molar-refractivity contribution in [3.63, 3.8) is 0 Å². The van der Waals surface area contributed by atoms with Gasteiger partial charge in [-0.3, -0.25) is 4.68 Å². The van der Waals surface area contributed by atoms with E-state index in [-0.39, 0.29) is 6.04 Å². The Kier molecular flexibility index (Phi) is 4.84. The molecule has 0 radical (unpaired) electrons. The average molecular weight is 285 g/mol. The van der Waals surface area contributed by atoms with Crippen molar-refractivity contribution in [2.45, 2.75) is 60.0 Å². The van der Waals surface area contributed by atoms with Gasteiger partial charge in [0.2, 0.25) is 0 Å². The van der Waals surface area contributed by atoms with Crippen LogP contribution < -0.4 is 5.73 Å². The fourth-order valence-electron chi connectivity index (χ4n) is 3.19. The number of aromatic nitrogens is 2. The van der Waals surface area contributed by atoms with Crippen molar-refractivity contribution in [2.24, 2.45) is 5.73 Å². The van der Waals surface area contributed by atoms with E-state index in [2.05, 4.69) is 57.5 Å². The second-order valence-corrected chi connectivity index (χ2v) is 5.96. The molecule has 0 amide bonds. The first kappa shape index (κ1) is 15.8. The first-order valence-corrected chi connectivity index (χ1v) is 7.87. The topological polar surface area (TPSA) is 43.8 Å². The van der Waals surface area contributed by atoms with Crippen LogP contribution in [0, 0.1) is 13.8 Å². The molecule has 3 nitrogen and oxygen atoms in total. The van der Waals surface area contributed by atoms with Gasteiger partial charge >= 0.3 is 0 Å². The van der Waals surface area contributed by atoms with Crippen LogP contribution in [0.1, 0.15) is 60.5 Å². The molecule has 2 rings (SSSR count). The smallest absolute Gasteiger partial charge is 0.0672 e. The van der Waals surface area contributed by atoms with Crippen LogP contribution >= 0.6 is 0 Å². The minimum absolute atomic E-state index is 0.0443. The summed E-state index contributed by atoms with van der Waals surface area (Å²) in [5, 5.41) is 4.81. The molecule has 114 valence electrons. The minimum Gasteiger partial charge on any atom is -0.324 e. The van der Waals surface area contributed by atoms with Gasteiger partial charge in [-0.2, -0.15) is 5.10 Å². The fraction of sp³-hybridized carbons (Fsp3) is 0.500. The Morgan fingerprint density at radius 3 is 2.19 bits per heavy atom. The molecule has 1 aromatic heterocycles. The molecule has 2 N–H and O–H groups in total. The number of hydrogen-bond donors (Lipinski definition) is 1. The van der Waals surface area contributed by atoms with Crippen molar-refractivity contribution in [3.8, 4) is 0 Å². The Morgan fingerprint density at radius 2 is 1.71 bits per heavy atom. The minimum atomic E-state index is 0.0443. The van der Waals surface area contributed by atoms with Gasteiger partial charge in [0.1, 0.15) is 0 Å². The number of hydrogen-bond acceptors (Lipinski definition) is 2. The highest BCUT2D eigenvalue weighted by atomic mass is 15.3. The molecule has 0 saturated carbocycles. The van der Waals surface area contributed by atoms with Gasteiger partial charge in [0.25, 0.3) is 0 Å². The molecule has 0 aliphatic heterocycles. The van der Waals surface area contributed by atoms with E-state index < -0.39 is 0 Å². The van der Waals surface area contributed by atoms with Crippen LogP contribution in [0.4, 0.5) is 0 Å². The molecule has 1 atom stereocenters. The highest BCUT2D eigenvalue weighted by molar-refractivity contribution is 5.32. The third-order valence-corrected chi connectivity index (χ3v) is 3.91. The SMILES string of the molecule is CCc1nn(Cc2cc(C)cc(C)c2)c(CC)c1C(C)N. The summed E-state index contributed by atoms with van der Waals surface area (Å²) in [5.74, 6) is 0. The van der Waals surface area contributed by atoms with Gasteiger partial charge in [0.05, 0.1) is 12.2 Å². The van der Waals surface area contributed by atoms with Crippen LogP contribution in [0.3, 0.4) is 0 Å². The molecule has 3 heteroatoms. The second kappa shape index (κ2) is 6.44. The molecular weight excluding hydrogens is 258 g/mol. The summed E-state index contributed by atoms with van der Waals surface area (Å²) in [6, 6.07) is 6.73. The lowest BCUT2D eigenvalue weighted by molar-refractivity contribution is 0.637. The van der Waals surface area contributed by atoms with Crippen LogP contribution in [0.15, 0.2) is 18.2 Å². The lowest BCUT2D eigenvalue weighted by Gasteiger charge is -2.11. The second-order valence-electron chi connectivity index (χ2n) is 5.96. The van der Waals surface area contributed by atoms with Crippen molar-refractivity contribution >= 4 is 0 Å². The summed E-state index contributed by atoms with van der Waals surface area (Å²) in [6.45, 7) is 11.5. The Labute approximate surface area is 128 Å². The zero-order valence-corrected chi connectivity index (χ0v) is 13.9. The summed E-state index contributed by atoms with van der Waals surface area (Å²) < 4.78 is 2.14. The molecule has 21 heavy (non-hydrogen) atoms. The molecule has 0 fully saturated rings. The van der Waals surface area contributed by atoms with Crippen molar-refractivity contribution < 1.29 is 0 Å². The first-order chi connectivity index (χ1) is 9.96. The predicted molar refractivity (Wildman–Crippen MR) is 88.6 cm³/mol. The van der Waals surface area contributed by atoms with Crippen molar-refractivity contribution in [1.82, 2.24) is 9.78 Å². The molecule has 0 spiro atoms. The Morgan fingerprint density at radius 1 is 1.10 bits per heavy atom. The number of nitrogens with zero attached hydrogens (tertiary/aromatic N) is 2. The molecule has 0 bridgehead atoms. The van der Waals surface area contributed by atoms with Crippen LogP contribution in [0.5, 0.6) is 0 Å². The number of benzene rings is 1. The van der Waals surface area contributed by atoms with Gasteiger partial charge in [0.15, 0.2) is 0 Å². The van der Waals surface area contributed by atoms with E-state index in [9.17, 15) is 0 Å². The van der Waals surface area contributed by atoms with E-state index >= 15 is 0 Å². The quantitative estimate of drug-likeness (QED) is 0.910. The van der Waals surface area contributed by atoms with E-state index in [0.29, 0.717) is 0 Å². The van der Waals surface area contributed by atoms with E-state index in [0.717, 1.165) is 25.1 Å². The zero-order valence-electron chi connectivity index (χ0n) is 13.9. The van der Waals surface area contributed by atoms with Crippen molar-refractivity contribution in [1.29, 1.82) is 0 Å². The highest BCUT2D eigenvalue weighted by Crippen LogP contribution is 2.23. The van der Waals surface area contributed by atoms with Crippen molar-refractivity contribution in [2.75, 3.05) is 0 Å². The maximum absolute atomic E-state index is 6.17. The third kappa shape index (κ3) is 3.35. The largest absolute Gasteiger partial charge is 0.324 e. The molecule has 0 saturated heterocycles. The van der Waals surface area contributed by atoms with Gasteiger partial charge in [-0.15, -0.1) is 0 Å². The summed E-state index contributed by atoms with van der Waals surface area (Å²) in [4.78, 5) is 0. The van der Waals surface area contributed by atoms with E-state index in [1.54, 1.807) is 0 Å². The summed E-state index contributed by atoms with van der Waals surface area (Å²) in [5.41, 5.74) is 13.7. The molecule has 1 unspecified atom stereocenters. The standard InChI is InChI=1S/C18H27N3/c1-6-16-18(14(5)19)17(7-2)21(20-16)11-15-9-12(3)8-13(4)10-15/h8-10,14H,6-7,11,19H2,1-5H3. The lowest BCUT2D eigenvalue weighted by atomic mass is 10.0. The van der Waals surface area contributed by atoms with E-state index in [1.165, 1.54) is 27.9 Å². The summed E-state index contributed by atoms with van der Waals surface area (Å²) in [7, 11) is 0. The number of rotatable bonds is 5. The maximum atomic E-state index is 6.17. The molecule has 0 aliphatic carbocycles. The highest BCUT2D eigenvalue weighted by Gasteiger charge is 2.18. The normalized spacial score (nSPS) is 12.7.